The molecule has 0 fully saturated rings. The SMILES string of the molecule is C=C(C)CCC(NC)c1ccncc1F. The van der Waals surface area contributed by atoms with Gasteiger partial charge in [0.25, 0.3) is 0 Å². The van der Waals surface area contributed by atoms with Crippen LogP contribution in [0.2, 0.25) is 0 Å². The van der Waals surface area contributed by atoms with Crippen molar-refractivity contribution in [1.29, 1.82) is 0 Å². The van der Waals surface area contributed by atoms with E-state index in [1.165, 1.54) is 6.20 Å². The van der Waals surface area contributed by atoms with Gasteiger partial charge in [-0.05, 0) is 32.9 Å². The van der Waals surface area contributed by atoms with Gasteiger partial charge in [0, 0.05) is 17.8 Å². The zero-order valence-corrected chi connectivity index (χ0v) is 9.26. The molecular weight excluding hydrogens is 191 g/mol. The topological polar surface area (TPSA) is 24.9 Å². The Morgan fingerprint density at radius 2 is 2.40 bits per heavy atom. The molecule has 1 N–H and O–H groups in total. The molecule has 0 amide bonds. The number of aromatic nitrogens is 1. The van der Waals surface area contributed by atoms with E-state index in [9.17, 15) is 4.39 Å². The van der Waals surface area contributed by atoms with Crippen LogP contribution in [-0.2, 0) is 0 Å². The van der Waals surface area contributed by atoms with Crippen molar-refractivity contribution in [2.75, 3.05) is 7.05 Å². The van der Waals surface area contributed by atoms with Crippen molar-refractivity contribution in [2.45, 2.75) is 25.8 Å². The third kappa shape index (κ3) is 3.44. The fourth-order valence-corrected chi connectivity index (χ4v) is 1.51. The van der Waals surface area contributed by atoms with E-state index in [1.54, 1.807) is 12.3 Å². The highest BCUT2D eigenvalue weighted by Gasteiger charge is 2.13. The molecule has 1 unspecified atom stereocenters. The lowest BCUT2D eigenvalue weighted by molar-refractivity contribution is 0.505. The van der Waals surface area contributed by atoms with Gasteiger partial charge in [0.05, 0.1) is 6.20 Å². The Hall–Kier alpha value is -1.22. The molecule has 0 radical (unpaired) electrons. The van der Waals surface area contributed by atoms with Crippen LogP contribution in [0.1, 0.15) is 31.4 Å². The van der Waals surface area contributed by atoms with E-state index >= 15 is 0 Å². The number of rotatable bonds is 5. The predicted octanol–water partition coefficient (Wildman–Crippen LogP) is 2.84. The van der Waals surface area contributed by atoms with Gasteiger partial charge >= 0.3 is 0 Å². The molecule has 0 spiro atoms. The normalized spacial score (nSPS) is 12.5. The summed E-state index contributed by atoms with van der Waals surface area (Å²) in [5.41, 5.74) is 1.79. The van der Waals surface area contributed by atoms with Crippen LogP contribution in [0.4, 0.5) is 4.39 Å². The molecule has 0 saturated heterocycles. The summed E-state index contributed by atoms with van der Waals surface area (Å²) in [6.45, 7) is 5.83. The quantitative estimate of drug-likeness (QED) is 0.753. The van der Waals surface area contributed by atoms with Gasteiger partial charge in [0.2, 0.25) is 0 Å². The van der Waals surface area contributed by atoms with Crippen molar-refractivity contribution >= 4 is 0 Å². The largest absolute Gasteiger partial charge is 0.313 e. The van der Waals surface area contributed by atoms with Gasteiger partial charge in [-0.25, -0.2) is 4.39 Å². The van der Waals surface area contributed by atoms with Crippen molar-refractivity contribution in [3.63, 3.8) is 0 Å². The van der Waals surface area contributed by atoms with Crippen LogP contribution in [0, 0.1) is 5.82 Å². The lowest BCUT2D eigenvalue weighted by Gasteiger charge is -2.16. The van der Waals surface area contributed by atoms with Crippen LogP contribution in [-0.4, -0.2) is 12.0 Å². The van der Waals surface area contributed by atoms with E-state index in [0.29, 0.717) is 5.56 Å². The minimum Gasteiger partial charge on any atom is -0.313 e. The molecule has 1 atom stereocenters. The highest BCUT2D eigenvalue weighted by Crippen LogP contribution is 2.21. The van der Waals surface area contributed by atoms with Crippen LogP contribution in [0.25, 0.3) is 0 Å². The number of nitrogens with zero attached hydrogens (tertiary/aromatic N) is 1. The molecule has 82 valence electrons. The molecule has 0 aliphatic heterocycles. The maximum atomic E-state index is 13.4. The predicted molar refractivity (Wildman–Crippen MR) is 60.0 cm³/mol. The fourth-order valence-electron chi connectivity index (χ4n) is 1.51. The van der Waals surface area contributed by atoms with E-state index in [-0.39, 0.29) is 11.9 Å². The molecule has 15 heavy (non-hydrogen) atoms. The van der Waals surface area contributed by atoms with Crippen LogP contribution in [0.15, 0.2) is 30.6 Å². The minimum absolute atomic E-state index is 0.0321. The van der Waals surface area contributed by atoms with E-state index in [4.69, 9.17) is 0 Å². The van der Waals surface area contributed by atoms with Gasteiger partial charge in [-0.2, -0.15) is 0 Å². The zero-order chi connectivity index (χ0) is 11.3. The van der Waals surface area contributed by atoms with Crippen molar-refractivity contribution in [2.24, 2.45) is 0 Å². The van der Waals surface area contributed by atoms with Crippen LogP contribution < -0.4 is 5.32 Å². The first-order chi connectivity index (χ1) is 7.15. The van der Waals surface area contributed by atoms with Gasteiger partial charge in [0.1, 0.15) is 5.82 Å². The number of hydrogen-bond acceptors (Lipinski definition) is 2. The summed E-state index contributed by atoms with van der Waals surface area (Å²) in [5.74, 6) is -0.251. The lowest BCUT2D eigenvalue weighted by atomic mass is 10.0. The van der Waals surface area contributed by atoms with Crippen molar-refractivity contribution < 1.29 is 4.39 Å². The van der Waals surface area contributed by atoms with E-state index in [1.807, 2.05) is 14.0 Å². The maximum absolute atomic E-state index is 13.4. The Morgan fingerprint density at radius 3 is 2.93 bits per heavy atom. The van der Waals surface area contributed by atoms with E-state index < -0.39 is 0 Å². The summed E-state index contributed by atoms with van der Waals surface area (Å²) in [5, 5.41) is 3.11. The average molecular weight is 208 g/mol. The van der Waals surface area contributed by atoms with E-state index in [0.717, 1.165) is 18.4 Å². The lowest BCUT2D eigenvalue weighted by Crippen LogP contribution is -2.17. The Labute approximate surface area is 90.2 Å². The number of halogens is 1. The number of hydrogen-bond donors (Lipinski definition) is 1. The summed E-state index contributed by atoms with van der Waals surface area (Å²) >= 11 is 0. The summed E-state index contributed by atoms with van der Waals surface area (Å²) in [6.07, 6.45) is 4.62. The number of allylic oxidation sites excluding steroid dienone is 1. The molecule has 3 heteroatoms. The average Bonchev–Trinajstić information content (AvgIpc) is 2.21. The zero-order valence-electron chi connectivity index (χ0n) is 9.26. The highest BCUT2D eigenvalue weighted by atomic mass is 19.1. The standard InChI is InChI=1S/C12H17FN2/c1-9(2)4-5-12(14-3)10-6-7-15-8-11(10)13/h6-8,12,14H,1,4-5H2,2-3H3. The Bertz CT molecular complexity index is 336. The van der Waals surface area contributed by atoms with Gasteiger partial charge < -0.3 is 5.32 Å². The first kappa shape index (κ1) is 11.9. The second-order valence-corrected chi connectivity index (χ2v) is 3.73. The van der Waals surface area contributed by atoms with Crippen molar-refractivity contribution in [3.8, 4) is 0 Å². The Morgan fingerprint density at radius 1 is 1.67 bits per heavy atom. The molecule has 1 aromatic heterocycles. The molecule has 1 aromatic rings. The minimum atomic E-state index is -0.251. The summed E-state index contributed by atoms with van der Waals surface area (Å²) in [6, 6.07) is 1.75. The molecule has 0 saturated carbocycles. The van der Waals surface area contributed by atoms with Crippen LogP contribution >= 0.6 is 0 Å². The molecule has 0 aliphatic rings. The molecule has 0 bridgehead atoms. The second-order valence-electron chi connectivity index (χ2n) is 3.73. The van der Waals surface area contributed by atoms with Crippen molar-refractivity contribution in [1.82, 2.24) is 10.3 Å². The summed E-state index contributed by atoms with van der Waals surface area (Å²) in [7, 11) is 1.84. The first-order valence-corrected chi connectivity index (χ1v) is 5.06. The van der Waals surface area contributed by atoms with E-state index in [2.05, 4.69) is 16.9 Å². The van der Waals surface area contributed by atoms with Crippen molar-refractivity contribution in [3.05, 3.63) is 42.0 Å². The molecule has 1 heterocycles. The summed E-state index contributed by atoms with van der Waals surface area (Å²) < 4.78 is 13.4. The monoisotopic (exact) mass is 208 g/mol. The highest BCUT2D eigenvalue weighted by molar-refractivity contribution is 5.17. The molecule has 0 aromatic carbocycles. The molecule has 0 aliphatic carbocycles. The van der Waals surface area contributed by atoms with Gasteiger partial charge in [-0.1, -0.05) is 5.57 Å². The molecular formula is C12H17FN2. The summed E-state index contributed by atoms with van der Waals surface area (Å²) in [4.78, 5) is 3.74. The second kappa shape index (κ2) is 5.61. The Balaban J connectivity index is 2.74. The first-order valence-electron chi connectivity index (χ1n) is 5.06. The fraction of sp³-hybridized carbons (Fsp3) is 0.417. The smallest absolute Gasteiger partial charge is 0.146 e. The maximum Gasteiger partial charge on any atom is 0.146 e. The van der Waals surface area contributed by atoms with Gasteiger partial charge in [0.15, 0.2) is 0 Å². The molecule has 1 rings (SSSR count). The Kier molecular flexibility index (Phi) is 4.43. The molecule has 2 nitrogen and oxygen atoms in total. The van der Waals surface area contributed by atoms with Crippen LogP contribution in [0.5, 0.6) is 0 Å². The number of pyridine rings is 1. The third-order valence-corrected chi connectivity index (χ3v) is 2.39. The number of nitrogens with one attached hydrogen (secondary N) is 1. The van der Waals surface area contributed by atoms with Gasteiger partial charge in [-0.3, -0.25) is 4.98 Å². The van der Waals surface area contributed by atoms with Gasteiger partial charge in [-0.15, -0.1) is 6.58 Å². The van der Waals surface area contributed by atoms with Crippen LogP contribution in [0.3, 0.4) is 0 Å². The third-order valence-electron chi connectivity index (χ3n) is 2.39.